The summed E-state index contributed by atoms with van der Waals surface area (Å²) in [5.74, 6) is 0.125. The minimum Gasteiger partial charge on any atom is -0.497 e. The summed E-state index contributed by atoms with van der Waals surface area (Å²) in [5.41, 5.74) is 0.375. The van der Waals surface area contributed by atoms with Crippen LogP contribution in [0.4, 0.5) is 5.69 Å². The molecule has 5 nitrogen and oxygen atoms in total. The molecule has 0 aliphatic heterocycles. The lowest BCUT2D eigenvalue weighted by Crippen LogP contribution is -2.39. The summed E-state index contributed by atoms with van der Waals surface area (Å²) in [5, 5.41) is 6.41. The van der Waals surface area contributed by atoms with Crippen LogP contribution in [0.3, 0.4) is 0 Å². The molecule has 1 fully saturated rings. The first-order valence-corrected chi connectivity index (χ1v) is 8.87. The van der Waals surface area contributed by atoms with E-state index in [-0.39, 0.29) is 11.8 Å². The number of methoxy groups -OCH3 is 1. The van der Waals surface area contributed by atoms with E-state index < -0.39 is 5.41 Å². The van der Waals surface area contributed by atoms with Crippen LogP contribution >= 0.6 is 23.2 Å². The molecule has 0 radical (unpaired) electrons. The maximum atomic E-state index is 12.6. The molecule has 136 valence electrons. The van der Waals surface area contributed by atoms with Gasteiger partial charge in [-0.15, -0.1) is 0 Å². The quantitative estimate of drug-likeness (QED) is 0.728. The van der Waals surface area contributed by atoms with Crippen LogP contribution in [0, 0.1) is 5.41 Å². The van der Waals surface area contributed by atoms with Gasteiger partial charge in [-0.2, -0.15) is 0 Å². The molecule has 3 rings (SSSR count). The van der Waals surface area contributed by atoms with Crippen LogP contribution in [-0.2, 0) is 16.1 Å². The molecule has 0 aromatic heterocycles. The molecule has 0 saturated heterocycles. The van der Waals surface area contributed by atoms with Gasteiger partial charge in [0.1, 0.15) is 11.2 Å². The van der Waals surface area contributed by atoms with Gasteiger partial charge >= 0.3 is 0 Å². The van der Waals surface area contributed by atoms with Crippen molar-refractivity contribution in [3.05, 3.63) is 58.1 Å². The van der Waals surface area contributed by atoms with Crippen LogP contribution in [0.15, 0.2) is 42.5 Å². The average Bonchev–Trinajstić information content (AvgIpc) is 3.41. The predicted octanol–water partition coefficient (Wildman–Crippen LogP) is 4.04. The average molecular weight is 393 g/mol. The molecule has 2 N–H and O–H groups in total. The third kappa shape index (κ3) is 4.11. The highest BCUT2D eigenvalue weighted by molar-refractivity contribution is 6.35. The third-order valence-corrected chi connectivity index (χ3v) is 4.79. The Labute approximate surface area is 161 Å². The van der Waals surface area contributed by atoms with Gasteiger partial charge in [0.25, 0.3) is 0 Å². The molecule has 0 atom stereocenters. The van der Waals surface area contributed by atoms with E-state index in [1.165, 1.54) is 0 Å². The molecule has 2 aromatic rings. The second kappa shape index (κ2) is 7.56. The van der Waals surface area contributed by atoms with Crippen LogP contribution in [0.2, 0.25) is 10.0 Å². The van der Waals surface area contributed by atoms with Crippen molar-refractivity contribution in [2.24, 2.45) is 5.41 Å². The first-order chi connectivity index (χ1) is 12.4. The zero-order valence-corrected chi connectivity index (χ0v) is 15.7. The fourth-order valence-corrected chi connectivity index (χ4v) is 3.18. The molecular formula is C19H18Cl2N2O3. The van der Waals surface area contributed by atoms with Gasteiger partial charge < -0.3 is 15.4 Å². The first kappa shape index (κ1) is 18.5. The second-order valence-corrected chi connectivity index (χ2v) is 7.10. The van der Waals surface area contributed by atoms with E-state index in [1.807, 2.05) is 24.3 Å². The summed E-state index contributed by atoms with van der Waals surface area (Å²) in [6, 6.07) is 12.1. The molecule has 0 bridgehead atoms. The Kier molecular flexibility index (Phi) is 5.39. The maximum Gasteiger partial charge on any atom is 0.240 e. The van der Waals surface area contributed by atoms with Gasteiger partial charge in [0.2, 0.25) is 11.8 Å². The van der Waals surface area contributed by atoms with Crippen LogP contribution < -0.4 is 15.4 Å². The molecule has 0 spiro atoms. The van der Waals surface area contributed by atoms with E-state index in [0.29, 0.717) is 35.1 Å². The highest BCUT2D eigenvalue weighted by Gasteiger charge is 2.56. The Morgan fingerprint density at radius 2 is 1.65 bits per heavy atom. The lowest BCUT2D eigenvalue weighted by atomic mass is 10.0. The van der Waals surface area contributed by atoms with Gasteiger partial charge in [-0.25, -0.2) is 0 Å². The van der Waals surface area contributed by atoms with E-state index in [4.69, 9.17) is 27.9 Å². The van der Waals surface area contributed by atoms with E-state index in [1.54, 1.807) is 25.3 Å². The molecule has 1 aliphatic rings. The largest absolute Gasteiger partial charge is 0.497 e. The fraction of sp³-hybridized carbons (Fsp3) is 0.263. The summed E-state index contributed by atoms with van der Waals surface area (Å²) < 4.78 is 5.10. The van der Waals surface area contributed by atoms with Crippen LogP contribution in [0.5, 0.6) is 5.75 Å². The highest BCUT2D eigenvalue weighted by atomic mass is 35.5. The normalized spacial score (nSPS) is 14.4. The van der Waals surface area contributed by atoms with Crippen LogP contribution in [0.1, 0.15) is 18.4 Å². The summed E-state index contributed by atoms with van der Waals surface area (Å²) in [4.78, 5) is 25.1. The van der Waals surface area contributed by atoms with E-state index >= 15 is 0 Å². The highest BCUT2D eigenvalue weighted by Crippen LogP contribution is 2.47. The number of amides is 2. The predicted molar refractivity (Wildman–Crippen MR) is 102 cm³/mol. The molecule has 2 aromatic carbocycles. The number of rotatable bonds is 6. The smallest absolute Gasteiger partial charge is 0.240 e. The number of hydrogen-bond acceptors (Lipinski definition) is 3. The molecule has 26 heavy (non-hydrogen) atoms. The zero-order valence-electron chi connectivity index (χ0n) is 14.1. The zero-order chi connectivity index (χ0) is 18.7. The minimum atomic E-state index is -1.03. The molecule has 7 heteroatoms. The van der Waals surface area contributed by atoms with Gasteiger partial charge in [0.05, 0.1) is 7.11 Å². The van der Waals surface area contributed by atoms with E-state index in [9.17, 15) is 9.59 Å². The Morgan fingerprint density at radius 1 is 1.04 bits per heavy atom. The lowest BCUT2D eigenvalue weighted by molar-refractivity contribution is -0.134. The minimum absolute atomic E-state index is 0.279. The summed E-state index contributed by atoms with van der Waals surface area (Å²) in [6.45, 7) is 0.348. The van der Waals surface area contributed by atoms with Crippen molar-refractivity contribution in [1.82, 2.24) is 5.32 Å². The summed E-state index contributed by atoms with van der Waals surface area (Å²) in [6.07, 6.45) is 1.03. The van der Waals surface area contributed by atoms with Gasteiger partial charge in [-0.1, -0.05) is 35.3 Å². The van der Waals surface area contributed by atoms with E-state index in [2.05, 4.69) is 10.6 Å². The van der Waals surface area contributed by atoms with E-state index in [0.717, 1.165) is 11.3 Å². The monoisotopic (exact) mass is 392 g/mol. The number of nitrogens with one attached hydrogen (secondary N) is 2. The Bertz CT molecular complexity index is 813. The standard InChI is InChI=1S/C19H18Cl2N2O3/c1-26-16-4-2-12(3-5-16)11-22-17(24)19(6-7-19)18(25)23-15-9-13(20)8-14(21)10-15/h2-5,8-10H,6-7,11H2,1H3,(H,22,24)(H,23,25). The van der Waals surface area contributed by atoms with Crippen molar-refractivity contribution >= 4 is 40.7 Å². The number of carbonyl (C=O) groups excluding carboxylic acids is 2. The Morgan fingerprint density at radius 3 is 2.19 bits per heavy atom. The van der Waals surface area contributed by atoms with Gasteiger partial charge in [0, 0.05) is 22.3 Å². The van der Waals surface area contributed by atoms with Crippen molar-refractivity contribution in [3.8, 4) is 5.75 Å². The second-order valence-electron chi connectivity index (χ2n) is 6.23. The summed E-state index contributed by atoms with van der Waals surface area (Å²) in [7, 11) is 1.60. The summed E-state index contributed by atoms with van der Waals surface area (Å²) >= 11 is 11.9. The molecular weight excluding hydrogens is 375 g/mol. The fourth-order valence-electron chi connectivity index (χ4n) is 2.65. The maximum absolute atomic E-state index is 12.6. The number of anilines is 1. The number of halogens is 2. The molecule has 2 amide bonds. The number of benzene rings is 2. The van der Waals surface area contributed by atoms with Crippen molar-refractivity contribution in [3.63, 3.8) is 0 Å². The van der Waals surface area contributed by atoms with Crippen LogP contribution in [-0.4, -0.2) is 18.9 Å². The Hall–Kier alpha value is -2.24. The number of carbonyl (C=O) groups is 2. The molecule has 1 aliphatic carbocycles. The number of ether oxygens (including phenoxy) is 1. The van der Waals surface area contributed by atoms with Gasteiger partial charge in [-0.05, 0) is 48.7 Å². The van der Waals surface area contributed by atoms with Crippen molar-refractivity contribution in [1.29, 1.82) is 0 Å². The molecule has 0 unspecified atom stereocenters. The van der Waals surface area contributed by atoms with Crippen molar-refractivity contribution in [2.75, 3.05) is 12.4 Å². The SMILES string of the molecule is COc1ccc(CNC(=O)C2(C(=O)Nc3cc(Cl)cc(Cl)c3)CC2)cc1. The molecule has 0 heterocycles. The lowest BCUT2D eigenvalue weighted by Gasteiger charge is -2.16. The first-order valence-electron chi connectivity index (χ1n) is 8.12. The van der Waals surface area contributed by atoms with Gasteiger partial charge in [0.15, 0.2) is 0 Å². The van der Waals surface area contributed by atoms with Crippen molar-refractivity contribution < 1.29 is 14.3 Å². The number of hydrogen-bond donors (Lipinski definition) is 2. The van der Waals surface area contributed by atoms with Gasteiger partial charge in [-0.3, -0.25) is 9.59 Å². The Balaban J connectivity index is 1.61. The van der Waals surface area contributed by atoms with Crippen LogP contribution in [0.25, 0.3) is 0 Å². The topological polar surface area (TPSA) is 67.4 Å². The third-order valence-electron chi connectivity index (χ3n) is 4.35. The van der Waals surface area contributed by atoms with Crippen molar-refractivity contribution in [2.45, 2.75) is 19.4 Å². The molecule has 1 saturated carbocycles.